The van der Waals surface area contributed by atoms with Crippen molar-refractivity contribution in [1.82, 2.24) is 4.90 Å². The molecule has 6 heteroatoms. The highest BCUT2D eigenvalue weighted by molar-refractivity contribution is 5.98. The van der Waals surface area contributed by atoms with Crippen LogP contribution in [0.1, 0.15) is 30.5 Å². The lowest BCUT2D eigenvalue weighted by Gasteiger charge is -2.32. The van der Waals surface area contributed by atoms with Crippen LogP contribution in [0.3, 0.4) is 0 Å². The molecule has 154 valence electrons. The number of amides is 2. The zero-order valence-electron chi connectivity index (χ0n) is 17.5. The summed E-state index contributed by atoms with van der Waals surface area (Å²) in [5, 5.41) is 0. The molecule has 3 rings (SSSR count). The SMILES string of the molecule is CCc1ccccc1N(CC(=O)N1CCc2cc(OC)c(OC)cc2C1)C(C)=O. The predicted molar refractivity (Wildman–Crippen MR) is 113 cm³/mol. The number of aryl methyl sites for hydroxylation is 1. The van der Waals surface area contributed by atoms with E-state index in [1.165, 1.54) is 6.92 Å². The number of para-hydroxylation sites is 1. The van der Waals surface area contributed by atoms with Crippen molar-refractivity contribution in [2.45, 2.75) is 33.2 Å². The summed E-state index contributed by atoms with van der Waals surface area (Å²) in [6.45, 7) is 4.69. The molecule has 2 aromatic carbocycles. The minimum absolute atomic E-state index is 0.0367. The van der Waals surface area contributed by atoms with Gasteiger partial charge in [-0.25, -0.2) is 0 Å². The molecule has 0 aromatic heterocycles. The fourth-order valence-corrected chi connectivity index (χ4v) is 3.77. The van der Waals surface area contributed by atoms with E-state index in [9.17, 15) is 9.59 Å². The minimum atomic E-state index is -0.136. The van der Waals surface area contributed by atoms with Gasteiger partial charge in [0.05, 0.1) is 14.2 Å². The third kappa shape index (κ3) is 4.36. The monoisotopic (exact) mass is 396 g/mol. The number of methoxy groups -OCH3 is 2. The molecule has 1 heterocycles. The van der Waals surface area contributed by atoms with E-state index in [-0.39, 0.29) is 18.4 Å². The molecule has 0 saturated heterocycles. The van der Waals surface area contributed by atoms with Gasteiger partial charge < -0.3 is 19.3 Å². The first-order valence-corrected chi connectivity index (χ1v) is 9.86. The normalized spacial score (nSPS) is 12.9. The van der Waals surface area contributed by atoms with Gasteiger partial charge in [0.15, 0.2) is 11.5 Å². The second kappa shape index (κ2) is 8.99. The molecule has 0 fully saturated rings. The van der Waals surface area contributed by atoms with Crippen molar-refractivity contribution in [3.8, 4) is 11.5 Å². The molecule has 0 N–H and O–H groups in total. The van der Waals surface area contributed by atoms with E-state index >= 15 is 0 Å². The fraction of sp³-hybridized carbons (Fsp3) is 0.391. The molecule has 0 bridgehead atoms. The van der Waals surface area contributed by atoms with Crippen LogP contribution < -0.4 is 14.4 Å². The molecule has 0 atom stereocenters. The van der Waals surface area contributed by atoms with Crippen molar-refractivity contribution >= 4 is 17.5 Å². The predicted octanol–water partition coefficient (Wildman–Crippen LogP) is 3.20. The smallest absolute Gasteiger partial charge is 0.242 e. The van der Waals surface area contributed by atoms with Gasteiger partial charge >= 0.3 is 0 Å². The molecule has 1 aliphatic heterocycles. The van der Waals surface area contributed by atoms with E-state index in [1.54, 1.807) is 24.0 Å². The van der Waals surface area contributed by atoms with Gasteiger partial charge in [0, 0.05) is 25.7 Å². The summed E-state index contributed by atoms with van der Waals surface area (Å²) >= 11 is 0. The number of carbonyl (C=O) groups is 2. The Morgan fingerprint density at radius 1 is 1.07 bits per heavy atom. The first-order valence-electron chi connectivity index (χ1n) is 9.86. The lowest BCUT2D eigenvalue weighted by molar-refractivity contribution is -0.132. The highest BCUT2D eigenvalue weighted by Gasteiger charge is 2.26. The van der Waals surface area contributed by atoms with Gasteiger partial charge in [0.2, 0.25) is 11.8 Å². The first kappa shape index (κ1) is 20.7. The van der Waals surface area contributed by atoms with Crippen molar-refractivity contribution < 1.29 is 19.1 Å². The van der Waals surface area contributed by atoms with Gasteiger partial charge in [0.25, 0.3) is 0 Å². The number of nitrogens with zero attached hydrogens (tertiary/aromatic N) is 2. The van der Waals surface area contributed by atoms with Crippen molar-refractivity contribution in [2.75, 3.05) is 32.2 Å². The Morgan fingerprint density at radius 2 is 1.72 bits per heavy atom. The number of hydrogen-bond acceptors (Lipinski definition) is 4. The van der Waals surface area contributed by atoms with Gasteiger partial charge in [-0.15, -0.1) is 0 Å². The first-order chi connectivity index (χ1) is 14.0. The van der Waals surface area contributed by atoms with E-state index in [0.29, 0.717) is 24.6 Å². The molecule has 0 spiro atoms. The van der Waals surface area contributed by atoms with Crippen LogP contribution in [0.2, 0.25) is 0 Å². The third-order valence-electron chi connectivity index (χ3n) is 5.41. The van der Waals surface area contributed by atoms with Crippen LogP contribution in [-0.4, -0.2) is 44.0 Å². The van der Waals surface area contributed by atoms with Crippen molar-refractivity contribution in [1.29, 1.82) is 0 Å². The second-order valence-corrected chi connectivity index (χ2v) is 7.13. The number of ether oxygens (including phenoxy) is 2. The average Bonchev–Trinajstić information content (AvgIpc) is 2.75. The van der Waals surface area contributed by atoms with E-state index in [4.69, 9.17) is 9.47 Å². The van der Waals surface area contributed by atoms with Crippen LogP contribution in [0.5, 0.6) is 11.5 Å². The maximum atomic E-state index is 13.0. The van der Waals surface area contributed by atoms with E-state index < -0.39 is 0 Å². The van der Waals surface area contributed by atoms with Crippen LogP contribution in [-0.2, 0) is 29.0 Å². The van der Waals surface area contributed by atoms with Gasteiger partial charge in [-0.05, 0) is 47.7 Å². The number of hydrogen-bond donors (Lipinski definition) is 0. The summed E-state index contributed by atoms with van der Waals surface area (Å²) in [6.07, 6.45) is 1.54. The maximum absolute atomic E-state index is 13.0. The Hall–Kier alpha value is -3.02. The number of fused-ring (bicyclic) bond motifs is 1. The minimum Gasteiger partial charge on any atom is -0.493 e. The molecule has 0 saturated carbocycles. The second-order valence-electron chi connectivity index (χ2n) is 7.13. The van der Waals surface area contributed by atoms with Crippen LogP contribution in [0.25, 0.3) is 0 Å². The lowest BCUT2D eigenvalue weighted by Crippen LogP contribution is -2.44. The highest BCUT2D eigenvalue weighted by Crippen LogP contribution is 2.33. The molecular formula is C23H28N2O4. The summed E-state index contributed by atoms with van der Waals surface area (Å²) in [5.74, 6) is 1.15. The number of anilines is 1. The summed E-state index contributed by atoms with van der Waals surface area (Å²) in [4.78, 5) is 28.7. The van der Waals surface area contributed by atoms with E-state index in [1.807, 2.05) is 43.3 Å². The zero-order chi connectivity index (χ0) is 21.0. The van der Waals surface area contributed by atoms with Crippen LogP contribution in [0.15, 0.2) is 36.4 Å². The van der Waals surface area contributed by atoms with E-state index in [2.05, 4.69) is 0 Å². The summed E-state index contributed by atoms with van der Waals surface area (Å²) in [5.41, 5.74) is 4.06. The lowest BCUT2D eigenvalue weighted by atomic mass is 9.98. The number of benzene rings is 2. The molecule has 0 radical (unpaired) electrons. The Morgan fingerprint density at radius 3 is 2.34 bits per heavy atom. The fourth-order valence-electron chi connectivity index (χ4n) is 3.77. The van der Waals surface area contributed by atoms with Gasteiger partial charge in [-0.2, -0.15) is 0 Å². The zero-order valence-corrected chi connectivity index (χ0v) is 17.5. The van der Waals surface area contributed by atoms with Gasteiger partial charge in [-0.1, -0.05) is 25.1 Å². The molecule has 0 aliphatic carbocycles. The Kier molecular flexibility index (Phi) is 6.42. The topological polar surface area (TPSA) is 59.1 Å². The summed E-state index contributed by atoms with van der Waals surface area (Å²) < 4.78 is 10.8. The highest BCUT2D eigenvalue weighted by atomic mass is 16.5. The molecule has 1 aliphatic rings. The quantitative estimate of drug-likeness (QED) is 0.752. The average molecular weight is 396 g/mol. The molecule has 29 heavy (non-hydrogen) atoms. The molecule has 2 aromatic rings. The summed E-state index contributed by atoms with van der Waals surface area (Å²) in [6, 6.07) is 11.7. The largest absolute Gasteiger partial charge is 0.493 e. The Labute approximate surface area is 172 Å². The van der Waals surface area contributed by atoms with Crippen LogP contribution in [0, 0.1) is 0 Å². The Balaban J connectivity index is 1.79. The molecule has 0 unspecified atom stereocenters. The van der Waals surface area contributed by atoms with Gasteiger partial charge in [0.1, 0.15) is 6.54 Å². The number of rotatable bonds is 6. The van der Waals surface area contributed by atoms with Gasteiger partial charge in [-0.3, -0.25) is 9.59 Å². The van der Waals surface area contributed by atoms with Crippen molar-refractivity contribution in [2.24, 2.45) is 0 Å². The summed E-state index contributed by atoms with van der Waals surface area (Å²) in [7, 11) is 3.22. The number of carbonyl (C=O) groups excluding carboxylic acids is 2. The van der Waals surface area contributed by atoms with Crippen LogP contribution >= 0.6 is 0 Å². The van der Waals surface area contributed by atoms with Crippen LogP contribution in [0.4, 0.5) is 5.69 Å². The van der Waals surface area contributed by atoms with Crippen molar-refractivity contribution in [3.05, 3.63) is 53.1 Å². The maximum Gasteiger partial charge on any atom is 0.242 e. The molecule has 2 amide bonds. The third-order valence-corrected chi connectivity index (χ3v) is 5.41. The molecule has 6 nitrogen and oxygen atoms in total. The Bertz CT molecular complexity index is 910. The molecular weight excluding hydrogens is 368 g/mol. The van der Waals surface area contributed by atoms with E-state index in [0.717, 1.165) is 35.2 Å². The van der Waals surface area contributed by atoms with Crippen molar-refractivity contribution in [3.63, 3.8) is 0 Å². The standard InChI is InChI=1S/C23H28N2O4/c1-5-17-8-6-7-9-20(17)25(16(2)26)15-23(27)24-11-10-18-12-21(28-3)22(29-4)13-19(18)14-24/h6-9,12-13H,5,10-11,14-15H2,1-4H3.